The van der Waals surface area contributed by atoms with Crippen LogP contribution in [0.2, 0.25) is 0 Å². The van der Waals surface area contributed by atoms with Gasteiger partial charge < -0.3 is 20.5 Å². The van der Waals surface area contributed by atoms with Gasteiger partial charge >= 0.3 is 6.03 Å². The lowest BCUT2D eigenvalue weighted by molar-refractivity contribution is 0.0645. The third-order valence-electron chi connectivity index (χ3n) is 4.60. The largest absolute Gasteiger partial charge is 0.335 e. The van der Waals surface area contributed by atoms with Crippen molar-refractivity contribution in [3.8, 4) is 0 Å². The molecular formula is C17H23N5O2. The summed E-state index contributed by atoms with van der Waals surface area (Å²) < 4.78 is 0. The van der Waals surface area contributed by atoms with Crippen LogP contribution in [0.1, 0.15) is 28.8 Å². The minimum Gasteiger partial charge on any atom is -0.335 e. The van der Waals surface area contributed by atoms with Gasteiger partial charge in [0.15, 0.2) is 0 Å². The number of rotatable bonds is 2. The van der Waals surface area contributed by atoms with Crippen molar-refractivity contribution in [1.82, 2.24) is 14.7 Å². The first-order chi connectivity index (χ1) is 11.7. The molecule has 3 rings (SSSR count). The lowest BCUT2D eigenvalue weighted by Crippen LogP contribution is -2.53. The van der Waals surface area contributed by atoms with Gasteiger partial charge in [0.2, 0.25) is 0 Å². The Morgan fingerprint density at radius 3 is 2.00 bits per heavy atom. The number of likely N-dealkylation sites (tertiary alicyclic amines) is 1. The Labute approximate surface area is 141 Å². The van der Waals surface area contributed by atoms with E-state index in [2.05, 4.69) is 5.10 Å². The first-order valence-corrected chi connectivity index (χ1v) is 8.35. The zero-order chi connectivity index (χ0) is 16.9. The Hall–Kier alpha value is -2.57. The van der Waals surface area contributed by atoms with Crippen molar-refractivity contribution in [2.75, 3.05) is 39.3 Å². The topological polar surface area (TPSA) is 82.2 Å². The van der Waals surface area contributed by atoms with Crippen LogP contribution in [0.25, 0.3) is 0 Å². The van der Waals surface area contributed by atoms with Crippen LogP contribution in [0.3, 0.4) is 0 Å². The number of nitrogens with two attached hydrogens (primary N) is 1. The fourth-order valence-corrected chi connectivity index (χ4v) is 3.19. The maximum Gasteiger partial charge on any atom is 0.320 e. The van der Waals surface area contributed by atoms with E-state index in [9.17, 15) is 9.59 Å². The first kappa shape index (κ1) is 16.3. The lowest BCUT2D eigenvalue weighted by Gasteiger charge is -2.36. The van der Waals surface area contributed by atoms with Crippen molar-refractivity contribution < 1.29 is 9.59 Å². The molecule has 3 amide bonds. The number of hydrazone groups is 1. The summed E-state index contributed by atoms with van der Waals surface area (Å²) in [5.74, 6) is 5.12. The third-order valence-corrected chi connectivity index (χ3v) is 4.60. The summed E-state index contributed by atoms with van der Waals surface area (Å²) in [6, 6.07) is 7.31. The molecule has 2 aliphatic heterocycles. The van der Waals surface area contributed by atoms with E-state index < -0.39 is 0 Å². The molecule has 0 atom stereocenters. The van der Waals surface area contributed by atoms with Crippen LogP contribution in [0.4, 0.5) is 4.79 Å². The fraction of sp³-hybridized carbons (Fsp3) is 0.471. The number of piperazine rings is 1. The zero-order valence-electron chi connectivity index (χ0n) is 13.7. The Morgan fingerprint density at radius 2 is 1.42 bits per heavy atom. The summed E-state index contributed by atoms with van der Waals surface area (Å²) >= 11 is 0. The molecule has 0 radical (unpaired) electrons. The van der Waals surface area contributed by atoms with E-state index in [4.69, 9.17) is 5.84 Å². The van der Waals surface area contributed by atoms with Crippen molar-refractivity contribution in [2.24, 2.45) is 10.9 Å². The lowest BCUT2D eigenvalue weighted by atomic mass is 10.1. The maximum atomic E-state index is 12.6. The van der Waals surface area contributed by atoms with E-state index in [0.717, 1.165) is 31.5 Å². The van der Waals surface area contributed by atoms with Crippen LogP contribution in [0.5, 0.6) is 0 Å². The highest BCUT2D eigenvalue weighted by atomic mass is 16.2. The van der Waals surface area contributed by atoms with Crippen molar-refractivity contribution in [1.29, 1.82) is 0 Å². The number of hydrogen-bond donors (Lipinski definition) is 1. The van der Waals surface area contributed by atoms with Gasteiger partial charge in [0.25, 0.3) is 5.91 Å². The number of hydrogen-bond acceptors (Lipinski definition) is 4. The van der Waals surface area contributed by atoms with E-state index in [1.807, 2.05) is 21.9 Å². The summed E-state index contributed by atoms with van der Waals surface area (Å²) in [6.45, 7) is 4.06. The SMILES string of the molecule is NN=Cc1ccc(C(=O)N2CCN(C(=O)N3CCCC3)CC2)cc1. The molecule has 0 bridgehead atoms. The van der Waals surface area contributed by atoms with Gasteiger partial charge in [0.05, 0.1) is 6.21 Å². The van der Waals surface area contributed by atoms with Gasteiger partial charge in [-0.15, -0.1) is 0 Å². The van der Waals surface area contributed by atoms with E-state index in [-0.39, 0.29) is 11.9 Å². The number of carbonyl (C=O) groups excluding carboxylic acids is 2. The number of urea groups is 1. The first-order valence-electron chi connectivity index (χ1n) is 8.35. The Bertz CT molecular complexity index is 614. The van der Waals surface area contributed by atoms with Crippen LogP contribution >= 0.6 is 0 Å². The van der Waals surface area contributed by atoms with Crippen molar-refractivity contribution >= 4 is 18.2 Å². The highest BCUT2D eigenvalue weighted by Crippen LogP contribution is 2.14. The monoisotopic (exact) mass is 329 g/mol. The van der Waals surface area contributed by atoms with Crippen LogP contribution in [-0.2, 0) is 0 Å². The van der Waals surface area contributed by atoms with E-state index in [1.165, 1.54) is 6.21 Å². The number of benzene rings is 1. The second-order valence-electron chi connectivity index (χ2n) is 6.16. The molecular weight excluding hydrogens is 306 g/mol. The van der Waals surface area contributed by atoms with Crippen molar-refractivity contribution in [3.05, 3.63) is 35.4 Å². The minimum absolute atomic E-state index is 0.000455. The number of carbonyl (C=O) groups is 2. The van der Waals surface area contributed by atoms with Gasteiger partial charge in [0, 0.05) is 44.8 Å². The third kappa shape index (κ3) is 3.50. The summed E-state index contributed by atoms with van der Waals surface area (Å²) in [4.78, 5) is 30.5. The van der Waals surface area contributed by atoms with E-state index in [0.29, 0.717) is 31.7 Å². The van der Waals surface area contributed by atoms with Gasteiger partial charge in [-0.1, -0.05) is 12.1 Å². The summed E-state index contributed by atoms with van der Waals surface area (Å²) in [5.41, 5.74) is 1.50. The van der Waals surface area contributed by atoms with Crippen LogP contribution in [0.15, 0.2) is 29.4 Å². The van der Waals surface area contributed by atoms with Gasteiger partial charge in [-0.2, -0.15) is 5.10 Å². The quantitative estimate of drug-likeness (QED) is 0.498. The Balaban J connectivity index is 1.55. The van der Waals surface area contributed by atoms with Gasteiger partial charge in [-0.05, 0) is 30.5 Å². The number of amides is 3. The standard InChI is InChI=1S/C17H23N5O2/c18-19-13-14-3-5-15(6-4-14)16(23)20-9-11-22(12-10-20)17(24)21-7-1-2-8-21/h3-6,13H,1-2,7-12,18H2. The second-order valence-corrected chi connectivity index (χ2v) is 6.16. The molecule has 1 aromatic carbocycles. The Kier molecular flexibility index (Phi) is 4.98. The molecule has 0 aromatic heterocycles. The maximum absolute atomic E-state index is 12.6. The van der Waals surface area contributed by atoms with E-state index in [1.54, 1.807) is 17.0 Å². The van der Waals surface area contributed by atoms with Crippen LogP contribution in [-0.4, -0.2) is 72.1 Å². The number of nitrogens with zero attached hydrogens (tertiary/aromatic N) is 4. The highest BCUT2D eigenvalue weighted by molar-refractivity contribution is 5.95. The van der Waals surface area contributed by atoms with Gasteiger partial charge in [-0.25, -0.2) is 4.79 Å². The summed E-state index contributed by atoms with van der Waals surface area (Å²) in [7, 11) is 0. The summed E-state index contributed by atoms with van der Waals surface area (Å²) in [6.07, 6.45) is 3.72. The van der Waals surface area contributed by atoms with Crippen LogP contribution in [0, 0.1) is 0 Å². The predicted molar refractivity (Wildman–Crippen MR) is 91.9 cm³/mol. The molecule has 2 heterocycles. The minimum atomic E-state index is -0.000455. The molecule has 2 saturated heterocycles. The van der Waals surface area contributed by atoms with E-state index >= 15 is 0 Å². The molecule has 1 aromatic rings. The molecule has 0 spiro atoms. The molecule has 0 saturated carbocycles. The highest BCUT2D eigenvalue weighted by Gasteiger charge is 2.28. The molecule has 2 fully saturated rings. The molecule has 24 heavy (non-hydrogen) atoms. The predicted octanol–water partition coefficient (Wildman–Crippen LogP) is 0.953. The second kappa shape index (κ2) is 7.33. The van der Waals surface area contributed by atoms with Crippen molar-refractivity contribution in [2.45, 2.75) is 12.8 Å². The van der Waals surface area contributed by atoms with Gasteiger partial charge in [0.1, 0.15) is 0 Å². The molecule has 0 unspecified atom stereocenters. The Morgan fingerprint density at radius 1 is 0.875 bits per heavy atom. The molecule has 128 valence electrons. The average Bonchev–Trinajstić information content (AvgIpc) is 3.16. The molecule has 7 nitrogen and oxygen atoms in total. The average molecular weight is 329 g/mol. The van der Waals surface area contributed by atoms with Crippen molar-refractivity contribution in [3.63, 3.8) is 0 Å². The summed E-state index contributed by atoms with van der Waals surface area (Å²) in [5, 5.41) is 3.47. The fourth-order valence-electron chi connectivity index (χ4n) is 3.19. The van der Waals surface area contributed by atoms with Crippen LogP contribution < -0.4 is 5.84 Å². The zero-order valence-corrected chi connectivity index (χ0v) is 13.7. The normalized spacial score (nSPS) is 18.4. The van der Waals surface area contributed by atoms with Gasteiger partial charge in [-0.3, -0.25) is 4.79 Å². The molecule has 0 aliphatic carbocycles. The molecule has 7 heteroatoms. The smallest absolute Gasteiger partial charge is 0.320 e. The molecule has 2 N–H and O–H groups in total. The molecule has 2 aliphatic rings.